The van der Waals surface area contributed by atoms with Gasteiger partial charge in [-0.05, 0) is 111 Å². The highest BCUT2D eigenvalue weighted by molar-refractivity contribution is 6.27. The van der Waals surface area contributed by atoms with Crippen LogP contribution in [0.15, 0.2) is 182 Å². The molecule has 2 nitrogen and oxygen atoms in total. The summed E-state index contributed by atoms with van der Waals surface area (Å²) in [5, 5.41) is 11.4. The number of nitrogens with zero attached hydrogens (tertiary/aromatic N) is 2. The van der Waals surface area contributed by atoms with Crippen LogP contribution in [0.2, 0.25) is 0 Å². The molecule has 2 heteroatoms. The molecule has 0 spiro atoms. The fourth-order valence-electron chi connectivity index (χ4n) is 10.0. The van der Waals surface area contributed by atoms with Crippen molar-refractivity contribution in [1.82, 2.24) is 9.97 Å². The molecule has 11 aromatic rings. The lowest BCUT2D eigenvalue weighted by Gasteiger charge is -2.25. The van der Waals surface area contributed by atoms with E-state index in [1.807, 2.05) is 18.5 Å². The van der Waals surface area contributed by atoms with Gasteiger partial charge in [0.05, 0.1) is 11.2 Å². The van der Waals surface area contributed by atoms with Crippen molar-refractivity contribution in [3.8, 4) is 55.8 Å². The number of hydrogen-bond acceptors (Lipinski definition) is 2. The Morgan fingerprint density at radius 2 is 1.07 bits per heavy atom. The van der Waals surface area contributed by atoms with Crippen LogP contribution in [-0.4, -0.2) is 9.97 Å². The largest absolute Gasteiger partial charge is 0.264 e. The van der Waals surface area contributed by atoms with Crippen molar-refractivity contribution in [3.05, 3.63) is 193 Å². The van der Waals surface area contributed by atoms with Crippen LogP contribution in [0.5, 0.6) is 0 Å². The highest BCUT2D eigenvalue weighted by atomic mass is 14.7. The van der Waals surface area contributed by atoms with Crippen molar-refractivity contribution in [2.45, 2.75) is 19.3 Å². The minimum atomic E-state index is -0.201. The molecule has 0 aliphatic heterocycles. The van der Waals surface area contributed by atoms with Gasteiger partial charge < -0.3 is 0 Å². The maximum Gasteiger partial charge on any atom is 0.0759 e. The Morgan fingerprint density at radius 1 is 0.421 bits per heavy atom. The second kappa shape index (κ2) is 11.9. The van der Waals surface area contributed by atoms with Crippen molar-refractivity contribution in [1.29, 1.82) is 0 Å². The van der Waals surface area contributed by atoms with Crippen molar-refractivity contribution >= 4 is 54.0 Å². The lowest BCUT2D eigenvalue weighted by Crippen LogP contribution is -2.16. The van der Waals surface area contributed by atoms with Gasteiger partial charge in [-0.3, -0.25) is 4.98 Å². The first kappa shape index (κ1) is 32.1. The Labute approximate surface area is 331 Å². The summed E-state index contributed by atoms with van der Waals surface area (Å²) in [4.78, 5) is 9.82. The number of aromatic nitrogens is 2. The Hall–Kier alpha value is -7.16. The molecule has 0 N–H and O–H groups in total. The maximum absolute atomic E-state index is 5.40. The molecule has 0 radical (unpaired) electrons. The molecule has 57 heavy (non-hydrogen) atoms. The molecule has 12 rings (SSSR count). The fraction of sp³-hybridized carbons (Fsp3) is 0.0545. The summed E-state index contributed by atoms with van der Waals surface area (Å²) < 4.78 is 0. The third kappa shape index (κ3) is 4.65. The topological polar surface area (TPSA) is 25.8 Å². The van der Waals surface area contributed by atoms with Gasteiger partial charge in [0.25, 0.3) is 0 Å². The summed E-state index contributed by atoms with van der Waals surface area (Å²) in [6.07, 6.45) is 3.80. The summed E-state index contributed by atoms with van der Waals surface area (Å²) in [6.45, 7) is 4.72. The first-order valence-corrected chi connectivity index (χ1v) is 19.8. The number of hydrogen-bond donors (Lipinski definition) is 0. The van der Waals surface area contributed by atoms with Crippen LogP contribution in [0.1, 0.15) is 25.0 Å². The molecule has 0 atom stereocenters. The first-order valence-electron chi connectivity index (χ1n) is 19.8. The zero-order valence-electron chi connectivity index (χ0n) is 31.7. The molecule has 2 heterocycles. The molecule has 0 bridgehead atoms. The van der Waals surface area contributed by atoms with E-state index in [2.05, 4.69) is 183 Å². The van der Waals surface area contributed by atoms with E-state index in [-0.39, 0.29) is 5.41 Å². The van der Waals surface area contributed by atoms with E-state index in [9.17, 15) is 0 Å². The van der Waals surface area contributed by atoms with Gasteiger partial charge in [0.2, 0.25) is 0 Å². The highest BCUT2D eigenvalue weighted by Crippen LogP contribution is 2.54. The standard InChI is InChI=1S/C55H36N2/c1-55(2)47-15-6-5-14-46(47)54-53(55)51(52-43-13-4-3-9-34(43)24-29-48(52)57-54)37-18-16-33(17-19-37)38-10-7-11-39(31-38)41-25-20-35-23-28-45-42(40-12-8-30-56-32-40)26-21-36-22-27-44(41)49(35)50(36)45/h3-32H,1-2H3. The predicted octanol–water partition coefficient (Wildman–Crippen LogP) is 14.7. The molecule has 0 saturated heterocycles. The number of benzene rings is 9. The summed E-state index contributed by atoms with van der Waals surface area (Å²) >= 11 is 0. The molecular formula is C55H36N2. The molecule has 0 amide bonds. The van der Waals surface area contributed by atoms with E-state index in [1.54, 1.807) is 0 Å². The zero-order chi connectivity index (χ0) is 37.8. The SMILES string of the molecule is CC1(C)c2ccccc2-c2nc3ccc4ccccc4c3c(-c3ccc(-c4cccc(-c5ccc6ccc7c(-c8cccnc8)ccc8ccc5c6c87)c4)cc3)c21. The van der Waals surface area contributed by atoms with E-state index in [1.165, 1.54) is 104 Å². The van der Waals surface area contributed by atoms with Gasteiger partial charge in [-0.1, -0.05) is 166 Å². The Kier molecular flexibility index (Phi) is 6.72. The Morgan fingerprint density at radius 3 is 1.84 bits per heavy atom. The van der Waals surface area contributed by atoms with Crippen LogP contribution in [0, 0.1) is 0 Å². The number of pyridine rings is 2. The molecule has 0 saturated carbocycles. The Bertz CT molecular complexity index is 3410. The molecule has 1 aliphatic rings. The van der Waals surface area contributed by atoms with Gasteiger partial charge in [0.15, 0.2) is 0 Å². The van der Waals surface area contributed by atoms with Gasteiger partial charge in [0.1, 0.15) is 0 Å². The van der Waals surface area contributed by atoms with Crippen molar-refractivity contribution < 1.29 is 0 Å². The van der Waals surface area contributed by atoms with E-state index in [0.29, 0.717) is 0 Å². The highest BCUT2D eigenvalue weighted by Gasteiger charge is 2.39. The van der Waals surface area contributed by atoms with Gasteiger partial charge in [-0.15, -0.1) is 0 Å². The molecule has 0 unspecified atom stereocenters. The molecule has 266 valence electrons. The van der Waals surface area contributed by atoms with Crippen LogP contribution < -0.4 is 0 Å². The van der Waals surface area contributed by atoms with E-state index < -0.39 is 0 Å². The molecular weight excluding hydrogens is 689 g/mol. The normalized spacial score (nSPS) is 13.2. The fourth-order valence-corrected chi connectivity index (χ4v) is 10.0. The summed E-state index contributed by atoms with van der Waals surface area (Å²) in [7, 11) is 0. The minimum absolute atomic E-state index is 0.201. The smallest absolute Gasteiger partial charge is 0.0759 e. The minimum Gasteiger partial charge on any atom is -0.264 e. The second-order valence-electron chi connectivity index (χ2n) is 16.1. The van der Waals surface area contributed by atoms with Crippen molar-refractivity contribution in [2.24, 2.45) is 0 Å². The molecule has 9 aromatic carbocycles. The first-order chi connectivity index (χ1) is 28.0. The van der Waals surface area contributed by atoms with Gasteiger partial charge >= 0.3 is 0 Å². The molecule has 0 fully saturated rings. The van der Waals surface area contributed by atoms with Crippen LogP contribution in [-0.2, 0) is 5.41 Å². The third-order valence-corrected chi connectivity index (χ3v) is 12.7. The van der Waals surface area contributed by atoms with Crippen LogP contribution >= 0.6 is 0 Å². The summed E-state index contributed by atoms with van der Waals surface area (Å²) in [6, 6.07) is 62.7. The van der Waals surface area contributed by atoms with Crippen LogP contribution in [0.25, 0.3) is 110 Å². The molecule has 2 aromatic heterocycles. The lowest BCUT2D eigenvalue weighted by atomic mass is 9.78. The third-order valence-electron chi connectivity index (χ3n) is 12.7. The monoisotopic (exact) mass is 724 g/mol. The average molecular weight is 725 g/mol. The van der Waals surface area contributed by atoms with Gasteiger partial charge in [-0.2, -0.15) is 0 Å². The zero-order valence-corrected chi connectivity index (χ0v) is 31.7. The molecule has 1 aliphatic carbocycles. The quantitative estimate of drug-likeness (QED) is 0.169. The predicted molar refractivity (Wildman–Crippen MR) is 240 cm³/mol. The number of rotatable bonds is 4. The van der Waals surface area contributed by atoms with Crippen molar-refractivity contribution in [2.75, 3.05) is 0 Å². The van der Waals surface area contributed by atoms with Gasteiger partial charge in [-0.25, -0.2) is 4.98 Å². The second-order valence-corrected chi connectivity index (χ2v) is 16.1. The van der Waals surface area contributed by atoms with Crippen molar-refractivity contribution in [3.63, 3.8) is 0 Å². The van der Waals surface area contributed by atoms with E-state index in [4.69, 9.17) is 4.98 Å². The summed E-state index contributed by atoms with van der Waals surface area (Å²) in [5.41, 5.74) is 15.5. The Balaban J connectivity index is 1.00. The summed E-state index contributed by atoms with van der Waals surface area (Å²) in [5.74, 6) is 0. The van der Waals surface area contributed by atoms with E-state index >= 15 is 0 Å². The lowest BCUT2D eigenvalue weighted by molar-refractivity contribution is 0.662. The van der Waals surface area contributed by atoms with Crippen LogP contribution in [0.4, 0.5) is 0 Å². The van der Waals surface area contributed by atoms with Crippen LogP contribution in [0.3, 0.4) is 0 Å². The van der Waals surface area contributed by atoms with E-state index in [0.717, 1.165) is 16.8 Å². The number of fused-ring (bicyclic) bond motifs is 6. The van der Waals surface area contributed by atoms with Gasteiger partial charge in [0, 0.05) is 34.3 Å². The maximum atomic E-state index is 5.40. The average Bonchev–Trinajstić information content (AvgIpc) is 3.50.